The maximum Gasteiger partial charge on any atom is 0.217 e. The molecule has 1 rings (SSSR count). The first-order chi connectivity index (χ1) is 16.6. The predicted molar refractivity (Wildman–Crippen MR) is 131 cm³/mol. The molecule has 0 bridgehead atoms. The van der Waals surface area contributed by atoms with Crippen LogP contribution in [0.1, 0.15) is 79.1 Å². The quantitative estimate of drug-likeness (QED) is 0.182. The summed E-state index contributed by atoms with van der Waals surface area (Å²) in [6, 6.07) is -0.00902. The number of nitrogens with one attached hydrogen (secondary N) is 4. The Morgan fingerprint density at radius 1 is 0.743 bits per heavy atom. The molecule has 0 spiro atoms. The molecule has 1 aliphatic heterocycles. The number of hydrogen-bond donors (Lipinski definition) is 4. The van der Waals surface area contributed by atoms with E-state index in [0.29, 0.717) is 39.1 Å². The van der Waals surface area contributed by atoms with E-state index in [4.69, 9.17) is 9.47 Å². The van der Waals surface area contributed by atoms with Gasteiger partial charge in [-0.05, 0) is 38.5 Å². The van der Waals surface area contributed by atoms with Crippen LogP contribution in [0.4, 0.5) is 0 Å². The summed E-state index contributed by atoms with van der Waals surface area (Å²) in [6.07, 6.45) is 6.84. The molecule has 2 atom stereocenters. The summed E-state index contributed by atoms with van der Waals surface area (Å²) in [6.45, 7) is 8.51. The summed E-state index contributed by atoms with van der Waals surface area (Å²) in [5.41, 5.74) is 0. The summed E-state index contributed by atoms with van der Waals surface area (Å²) in [7, 11) is 0. The van der Waals surface area contributed by atoms with Crippen molar-refractivity contribution in [2.75, 3.05) is 26.3 Å². The summed E-state index contributed by atoms with van der Waals surface area (Å²) in [5.74, 6) is -0.198. The molecule has 1 saturated heterocycles. The van der Waals surface area contributed by atoms with E-state index >= 15 is 0 Å². The van der Waals surface area contributed by atoms with Crippen LogP contribution < -0.4 is 21.3 Å². The molecule has 4 N–H and O–H groups in total. The first kappa shape index (κ1) is 32.5. The highest BCUT2D eigenvalue weighted by Gasteiger charge is 2.21. The van der Waals surface area contributed by atoms with Crippen LogP contribution in [0.25, 0.3) is 0 Å². The Labute approximate surface area is 208 Å². The number of unbranched alkanes of at least 4 members (excludes halogenated alkanes) is 2. The van der Waals surface area contributed by atoms with Gasteiger partial charge in [0.15, 0.2) is 6.29 Å². The Morgan fingerprint density at radius 2 is 1.20 bits per heavy atom. The van der Waals surface area contributed by atoms with Crippen molar-refractivity contribution in [1.29, 1.82) is 0 Å². The average Bonchev–Trinajstić information content (AvgIpc) is 3.25. The maximum absolute atomic E-state index is 11.2. The van der Waals surface area contributed by atoms with E-state index in [9.17, 15) is 24.0 Å². The van der Waals surface area contributed by atoms with E-state index in [0.717, 1.165) is 44.8 Å². The zero-order valence-corrected chi connectivity index (χ0v) is 21.7. The summed E-state index contributed by atoms with van der Waals surface area (Å²) >= 11 is 0. The molecule has 0 aromatic rings. The number of carbonyl (C=O) groups excluding carboxylic acids is 5. The van der Waals surface area contributed by atoms with Crippen LogP contribution in [0.5, 0.6) is 0 Å². The second-order valence-corrected chi connectivity index (χ2v) is 8.56. The molecular weight excluding hydrogens is 456 g/mol. The third kappa shape index (κ3) is 21.7. The first-order valence-corrected chi connectivity index (χ1v) is 12.3. The first-order valence-electron chi connectivity index (χ1n) is 12.3. The third-order valence-corrected chi connectivity index (χ3v) is 5.07. The van der Waals surface area contributed by atoms with Crippen molar-refractivity contribution < 1.29 is 33.4 Å². The Kier molecular flexibility index (Phi) is 19.3. The van der Waals surface area contributed by atoms with Crippen LogP contribution in [0, 0.1) is 0 Å². The van der Waals surface area contributed by atoms with Crippen LogP contribution in [0.3, 0.4) is 0 Å². The minimum absolute atomic E-state index is 0.00818. The minimum atomic E-state index is -0.202. The fourth-order valence-corrected chi connectivity index (χ4v) is 3.52. The molecule has 4 amide bonds. The fourth-order valence-electron chi connectivity index (χ4n) is 3.52. The standard InChI is InChI=1S/C13H24N2O4.C11H20N2O3/c1-10(16)14-6-4-3-5-12(15-11(2)17)9-13-18-7-8-19-13;1-9(15)12-7-4-3-5-11(6-8-14)13-10(2)16/h12-13H,3-9H2,1-2H3,(H,14,16)(H,15,17);8,11H,3-7H2,1-2H3,(H,12,15)(H,13,16). The number of amides is 4. The van der Waals surface area contributed by atoms with Gasteiger partial charge < -0.3 is 35.5 Å². The SMILES string of the molecule is CC(=O)NCCCCC(CC1OCCO1)NC(C)=O.CC(=O)NCCCCC(CC=O)NC(C)=O. The number of carbonyl (C=O) groups is 5. The highest BCUT2D eigenvalue weighted by Crippen LogP contribution is 2.14. The lowest BCUT2D eigenvalue weighted by Crippen LogP contribution is -2.36. The molecule has 11 heteroatoms. The molecule has 202 valence electrons. The molecule has 11 nitrogen and oxygen atoms in total. The molecule has 1 aliphatic rings. The molecule has 1 fully saturated rings. The van der Waals surface area contributed by atoms with Gasteiger partial charge in [0.05, 0.1) is 13.2 Å². The largest absolute Gasteiger partial charge is 0.356 e. The van der Waals surface area contributed by atoms with Gasteiger partial charge in [0, 0.05) is 65.7 Å². The van der Waals surface area contributed by atoms with Gasteiger partial charge in [-0.1, -0.05) is 0 Å². The molecule has 0 aromatic heterocycles. The van der Waals surface area contributed by atoms with E-state index in [-0.39, 0.29) is 42.0 Å². The van der Waals surface area contributed by atoms with E-state index in [1.54, 1.807) is 0 Å². The van der Waals surface area contributed by atoms with Gasteiger partial charge in [-0.3, -0.25) is 19.2 Å². The number of hydrogen-bond acceptors (Lipinski definition) is 7. The van der Waals surface area contributed by atoms with Crippen LogP contribution in [-0.4, -0.2) is 74.6 Å². The summed E-state index contributed by atoms with van der Waals surface area (Å²) in [5, 5.41) is 11.1. The Morgan fingerprint density at radius 3 is 1.63 bits per heavy atom. The van der Waals surface area contributed by atoms with Crippen molar-refractivity contribution in [3.8, 4) is 0 Å². The van der Waals surface area contributed by atoms with Gasteiger partial charge in [0.1, 0.15) is 6.29 Å². The van der Waals surface area contributed by atoms with Crippen molar-refractivity contribution in [3.05, 3.63) is 0 Å². The molecule has 0 saturated carbocycles. The smallest absolute Gasteiger partial charge is 0.217 e. The number of aldehydes is 1. The molecule has 0 aromatic carbocycles. The zero-order valence-electron chi connectivity index (χ0n) is 21.7. The van der Waals surface area contributed by atoms with Gasteiger partial charge in [0.25, 0.3) is 0 Å². The molecule has 0 radical (unpaired) electrons. The zero-order chi connectivity index (χ0) is 26.5. The second kappa shape index (κ2) is 20.8. The van der Waals surface area contributed by atoms with E-state index in [1.807, 2.05) is 0 Å². The minimum Gasteiger partial charge on any atom is -0.356 e. The van der Waals surface area contributed by atoms with Gasteiger partial charge in [-0.15, -0.1) is 0 Å². The van der Waals surface area contributed by atoms with Gasteiger partial charge >= 0.3 is 0 Å². The average molecular weight is 501 g/mol. The highest BCUT2D eigenvalue weighted by atomic mass is 16.7. The van der Waals surface area contributed by atoms with Gasteiger partial charge in [-0.2, -0.15) is 0 Å². The monoisotopic (exact) mass is 500 g/mol. The van der Waals surface area contributed by atoms with Crippen molar-refractivity contribution in [3.63, 3.8) is 0 Å². The Bertz CT molecular complexity index is 639. The van der Waals surface area contributed by atoms with E-state index in [1.165, 1.54) is 27.7 Å². The summed E-state index contributed by atoms with van der Waals surface area (Å²) in [4.78, 5) is 53.6. The third-order valence-electron chi connectivity index (χ3n) is 5.07. The van der Waals surface area contributed by atoms with E-state index < -0.39 is 0 Å². The van der Waals surface area contributed by atoms with Crippen LogP contribution in [0.15, 0.2) is 0 Å². The lowest BCUT2D eigenvalue weighted by molar-refractivity contribution is -0.121. The molecular formula is C24H44N4O7. The van der Waals surface area contributed by atoms with Crippen LogP contribution >= 0.6 is 0 Å². The van der Waals surface area contributed by atoms with Crippen LogP contribution in [-0.2, 0) is 33.4 Å². The van der Waals surface area contributed by atoms with Gasteiger partial charge in [-0.25, -0.2) is 0 Å². The van der Waals surface area contributed by atoms with Gasteiger partial charge in [0.2, 0.25) is 23.6 Å². The van der Waals surface area contributed by atoms with Crippen LogP contribution in [0.2, 0.25) is 0 Å². The lowest BCUT2D eigenvalue weighted by atomic mass is 10.1. The second-order valence-electron chi connectivity index (χ2n) is 8.56. The molecule has 35 heavy (non-hydrogen) atoms. The fraction of sp³-hybridized carbons (Fsp3) is 0.792. The topological polar surface area (TPSA) is 152 Å². The van der Waals surface area contributed by atoms with E-state index in [2.05, 4.69) is 21.3 Å². The van der Waals surface area contributed by atoms with Crippen molar-refractivity contribution in [2.45, 2.75) is 97.4 Å². The number of rotatable bonds is 16. The maximum atomic E-state index is 11.2. The molecule has 2 unspecified atom stereocenters. The summed E-state index contributed by atoms with van der Waals surface area (Å²) < 4.78 is 10.8. The number of ether oxygens (including phenoxy) is 2. The Balaban J connectivity index is 0.000000672. The highest BCUT2D eigenvalue weighted by molar-refractivity contribution is 5.74. The van der Waals surface area contributed by atoms with Crippen molar-refractivity contribution in [1.82, 2.24) is 21.3 Å². The Hall–Kier alpha value is -2.53. The molecule has 1 heterocycles. The normalized spacial score (nSPS) is 14.6. The van der Waals surface area contributed by atoms with Crippen molar-refractivity contribution >= 4 is 29.9 Å². The predicted octanol–water partition coefficient (Wildman–Crippen LogP) is 0.947. The molecule has 0 aliphatic carbocycles. The lowest BCUT2D eigenvalue weighted by Gasteiger charge is -2.20. The van der Waals surface area contributed by atoms with Crippen molar-refractivity contribution in [2.24, 2.45) is 0 Å².